The van der Waals surface area contributed by atoms with Gasteiger partial charge in [-0.05, 0) is 24.6 Å². The summed E-state index contributed by atoms with van der Waals surface area (Å²) in [4.78, 5) is 0. The molecule has 2 aromatic rings. The van der Waals surface area contributed by atoms with Crippen molar-refractivity contribution in [3.8, 4) is 5.75 Å². The topological polar surface area (TPSA) is 38.0 Å². The van der Waals surface area contributed by atoms with E-state index >= 15 is 0 Å². The Kier molecular flexibility index (Phi) is 1.33. The second kappa shape index (κ2) is 2.24. The van der Waals surface area contributed by atoms with Crippen molar-refractivity contribution in [3.63, 3.8) is 0 Å². The molecule has 1 heterocycles. The maximum Gasteiger partial charge on any atom is 0.116 e. The second-order valence-electron chi connectivity index (χ2n) is 3.00. The van der Waals surface area contributed by atoms with Gasteiger partial charge >= 0.3 is 0 Å². The molecule has 0 aliphatic rings. The van der Waals surface area contributed by atoms with Crippen LogP contribution in [0.5, 0.6) is 5.75 Å². The Morgan fingerprint density at radius 1 is 1.42 bits per heavy atom. The fourth-order valence-electron chi connectivity index (χ4n) is 1.41. The molecule has 62 valence electrons. The number of nitrogens with zero attached hydrogens (tertiary/aromatic N) is 2. The Bertz CT molecular complexity index is 431. The molecule has 0 aliphatic heterocycles. The van der Waals surface area contributed by atoms with Gasteiger partial charge in [-0.1, -0.05) is 0 Å². The van der Waals surface area contributed by atoms with Crippen molar-refractivity contribution in [2.45, 2.75) is 6.92 Å². The van der Waals surface area contributed by atoms with E-state index in [1.807, 2.05) is 20.2 Å². The van der Waals surface area contributed by atoms with Crippen molar-refractivity contribution in [1.82, 2.24) is 9.78 Å². The van der Waals surface area contributed by atoms with E-state index in [2.05, 4.69) is 5.10 Å². The minimum atomic E-state index is 0.299. The highest BCUT2D eigenvalue weighted by Gasteiger charge is 2.02. The SMILES string of the molecule is Cc1cc(O)cc2cn(C)nc12. The normalized spacial score (nSPS) is 10.8. The van der Waals surface area contributed by atoms with Crippen molar-refractivity contribution in [2.75, 3.05) is 0 Å². The highest BCUT2D eigenvalue weighted by atomic mass is 16.3. The number of hydrogen-bond donors (Lipinski definition) is 1. The predicted octanol–water partition coefficient (Wildman–Crippen LogP) is 1.59. The van der Waals surface area contributed by atoms with E-state index in [1.54, 1.807) is 16.8 Å². The molecule has 1 aromatic heterocycles. The maximum absolute atomic E-state index is 9.28. The summed E-state index contributed by atoms with van der Waals surface area (Å²) >= 11 is 0. The number of aryl methyl sites for hydroxylation is 2. The number of fused-ring (bicyclic) bond motifs is 1. The molecule has 2 rings (SSSR count). The van der Waals surface area contributed by atoms with Gasteiger partial charge in [0.25, 0.3) is 0 Å². The zero-order chi connectivity index (χ0) is 8.72. The number of phenols is 1. The fraction of sp³-hybridized carbons (Fsp3) is 0.222. The Hall–Kier alpha value is -1.51. The van der Waals surface area contributed by atoms with Crippen LogP contribution < -0.4 is 0 Å². The summed E-state index contributed by atoms with van der Waals surface area (Å²) in [5, 5.41) is 14.5. The summed E-state index contributed by atoms with van der Waals surface area (Å²) in [5.41, 5.74) is 1.96. The minimum absolute atomic E-state index is 0.299. The molecular weight excluding hydrogens is 152 g/mol. The van der Waals surface area contributed by atoms with Crippen LogP contribution in [0.15, 0.2) is 18.3 Å². The zero-order valence-corrected chi connectivity index (χ0v) is 7.07. The first-order valence-electron chi connectivity index (χ1n) is 3.80. The van der Waals surface area contributed by atoms with Crippen LogP contribution in [-0.4, -0.2) is 14.9 Å². The molecule has 0 bridgehead atoms. The number of aromatic hydroxyl groups is 1. The molecule has 0 spiro atoms. The first-order chi connectivity index (χ1) is 5.66. The molecule has 12 heavy (non-hydrogen) atoms. The molecule has 0 fully saturated rings. The van der Waals surface area contributed by atoms with Gasteiger partial charge in [0.1, 0.15) is 5.75 Å². The Balaban J connectivity index is 2.88. The number of rotatable bonds is 0. The van der Waals surface area contributed by atoms with Gasteiger partial charge in [0, 0.05) is 18.6 Å². The van der Waals surface area contributed by atoms with E-state index in [4.69, 9.17) is 0 Å². The van der Waals surface area contributed by atoms with Gasteiger partial charge in [0.15, 0.2) is 0 Å². The van der Waals surface area contributed by atoms with E-state index in [0.717, 1.165) is 16.5 Å². The van der Waals surface area contributed by atoms with Crippen LogP contribution in [0.4, 0.5) is 0 Å². The smallest absolute Gasteiger partial charge is 0.116 e. The van der Waals surface area contributed by atoms with Crippen LogP contribution in [0.3, 0.4) is 0 Å². The van der Waals surface area contributed by atoms with E-state index in [1.165, 1.54) is 0 Å². The molecule has 1 N–H and O–H groups in total. The molecule has 0 aliphatic carbocycles. The lowest BCUT2D eigenvalue weighted by molar-refractivity contribution is 0.476. The molecule has 0 unspecified atom stereocenters. The molecule has 0 saturated heterocycles. The quantitative estimate of drug-likeness (QED) is 0.638. The maximum atomic E-state index is 9.28. The van der Waals surface area contributed by atoms with E-state index in [-0.39, 0.29) is 0 Å². The molecule has 0 radical (unpaired) electrons. The average molecular weight is 162 g/mol. The highest BCUT2D eigenvalue weighted by Crippen LogP contribution is 2.22. The Morgan fingerprint density at radius 2 is 2.17 bits per heavy atom. The minimum Gasteiger partial charge on any atom is -0.508 e. The third kappa shape index (κ3) is 0.942. The molecular formula is C9H10N2O. The van der Waals surface area contributed by atoms with Gasteiger partial charge in [-0.15, -0.1) is 0 Å². The van der Waals surface area contributed by atoms with Crippen LogP contribution >= 0.6 is 0 Å². The largest absolute Gasteiger partial charge is 0.508 e. The first kappa shape index (κ1) is 7.16. The summed E-state index contributed by atoms with van der Waals surface area (Å²) < 4.78 is 1.75. The molecule has 0 saturated carbocycles. The van der Waals surface area contributed by atoms with Gasteiger partial charge < -0.3 is 5.11 Å². The molecule has 0 amide bonds. The Labute approximate surface area is 70.2 Å². The van der Waals surface area contributed by atoms with E-state index < -0.39 is 0 Å². The number of aromatic nitrogens is 2. The zero-order valence-electron chi connectivity index (χ0n) is 7.07. The first-order valence-corrected chi connectivity index (χ1v) is 3.80. The lowest BCUT2D eigenvalue weighted by atomic mass is 10.1. The number of benzene rings is 1. The van der Waals surface area contributed by atoms with Gasteiger partial charge in [0.2, 0.25) is 0 Å². The van der Waals surface area contributed by atoms with Crippen LogP contribution in [0.25, 0.3) is 10.9 Å². The van der Waals surface area contributed by atoms with Gasteiger partial charge in [-0.25, -0.2) is 0 Å². The predicted molar refractivity (Wildman–Crippen MR) is 47.1 cm³/mol. The summed E-state index contributed by atoms with van der Waals surface area (Å²) in [6.07, 6.45) is 1.89. The van der Waals surface area contributed by atoms with Crippen molar-refractivity contribution in [2.24, 2.45) is 7.05 Å². The third-order valence-corrected chi connectivity index (χ3v) is 1.90. The standard InChI is InChI=1S/C9H10N2O/c1-6-3-8(12)4-7-5-11(2)10-9(6)7/h3-5,12H,1-2H3. The number of phenolic OH excluding ortho intramolecular Hbond substituents is 1. The van der Waals surface area contributed by atoms with Crippen molar-refractivity contribution < 1.29 is 5.11 Å². The van der Waals surface area contributed by atoms with Gasteiger partial charge in [-0.3, -0.25) is 4.68 Å². The van der Waals surface area contributed by atoms with Crippen molar-refractivity contribution in [1.29, 1.82) is 0 Å². The Morgan fingerprint density at radius 3 is 2.92 bits per heavy atom. The van der Waals surface area contributed by atoms with Crippen LogP contribution in [0.1, 0.15) is 5.56 Å². The van der Waals surface area contributed by atoms with Gasteiger partial charge in [0.05, 0.1) is 5.52 Å². The lowest BCUT2D eigenvalue weighted by Crippen LogP contribution is -1.85. The third-order valence-electron chi connectivity index (χ3n) is 1.90. The summed E-state index contributed by atoms with van der Waals surface area (Å²) in [6, 6.07) is 3.44. The average Bonchev–Trinajstić information content (AvgIpc) is 2.29. The van der Waals surface area contributed by atoms with E-state index in [9.17, 15) is 5.11 Å². The summed E-state index contributed by atoms with van der Waals surface area (Å²) in [6.45, 7) is 1.94. The van der Waals surface area contributed by atoms with Crippen LogP contribution in [0, 0.1) is 6.92 Å². The number of hydrogen-bond acceptors (Lipinski definition) is 2. The molecule has 0 atom stereocenters. The second-order valence-corrected chi connectivity index (χ2v) is 3.00. The van der Waals surface area contributed by atoms with Crippen molar-refractivity contribution in [3.05, 3.63) is 23.9 Å². The van der Waals surface area contributed by atoms with E-state index in [0.29, 0.717) is 5.75 Å². The van der Waals surface area contributed by atoms with Crippen molar-refractivity contribution >= 4 is 10.9 Å². The van der Waals surface area contributed by atoms with Crippen LogP contribution in [0.2, 0.25) is 0 Å². The molecule has 3 nitrogen and oxygen atoms in total. The summed E-state index contributed by atoms with van der Waals surface area (Å²) in [5.74, 6) is 0.299. The molecule has 3 heteroatoms. The lowest BCUT2D eigenvalue weighted by Gasteiger charge is -1.94. The fourth-order valence-corrected chi connectivity index (χ4v) is 1.41. The molecule has 1 aromatic carbocycles. The van der Waals surface area contributed by atoms with Gasteiger partial charge in [-0.2, -0.15) is 5.10 Å². The monoisotopic (exact) mass is 162 g/mol. The van der Waals surface area contributed by atoms with Crippen LogP contribution in [-0.2, 0) is 7.05 Å². The summed E-state index contributed by atoms with van der Waals surface area (Å²) in [7, 11) is 1.87. The highest BCUT2D eigenvalue weighted by molar-refractivity contribution is 5.82.